The predicted octanol–water partition coefficient (Wildman–Crippen LogP) is 5.95. The predicted molar refractivity (Wildman–Crippen MR) is 99.1 cm³/mol. The lowest BCUT2D eigenvalue weighted by Crippen LogP contribution is -2.14. The van der Waals surface area contributed by atoms with Crippen LogP contribution in [0, 0.1) is 6.92 Å². The molecular formula is C23H20O. The summed E-state index contributed by atoms with van der Waals surface area (Å²) in [7, 11) is 0. The van der Waals surface area contributed by atoms with Crippen LogP contribution in [-0.2, 0) is 0 Å². The topological polar surface area (TPSA) is 9.23 Å². The van der Waals surface area contributed by atoms with E-state index in [-0.39, 0.29) is 5.92 Å². The molecule has 1 heteroatoms. The molecule has 1 nitrogen and oxygen atoms in total. The summed E-state index contributed by atoms with van der Waals surface area (Å²) in [6, 6.07) is 27.6. The highest BCUT2D eigenvalue weighted by molar-refractivity contribution is 5.71. The van der Waals surface area contributed by atoms with Gasteiger partial charge in [-0.2, -0.15) is 0 Å². The molecule has 24 heavy (non-hydrogen) atoms. The van der Waals surface area contributed by atoms with E-state index in [1.54, 1.807) is 0 Å². The Morgan fingerprint density at radius 2 is 1.38 bits per heavy atom. The van der Waals surface area contributed by atoms with Gasteiger partial charge in [0, 0.05) is 17.0 Å². The molecular weight excluding hydrogens is 292 g/mol. The second-order valence-electron chi connectivity index (χ2n) is 6.36. The summed E-state index contributed by atoms with van der Waals surface area (Å²) >= 11 is 0. The van der Waals surface area contributed by atoms with E-state index in [0.29, 0.717) is 0 Å². The molecule has 1 heterocycles. The van der Waals surface area contributed by atoms with E-state index in [9.17, 15) is 0 Å². The smallest absolute Gasteiger partial charge is 0.134 e. The van der Waals surface area contributed by atoms with E-state index in [1.165, 1.54) is 22.3 Å². The first-order valence-corrected chi connectivity index (χ1v) is 8.33. The number of hydrogen-bond acceptors (Lipinski definition) is 1. The van der Waals surface area contributed by atoms with E-state index in [1.807, 2.05) is 12.1 Å². The van der Waals surface area contributed by atoms with E-state index in [2.05, 4.69) is 80.6 Å². The zero-order chi connectivity index (χ0) is 16.5. The lowest BCUT2D eigenvalue weighted by Gasteiger charge is -2.30. The molecule has 0 radical (unpaired) electrons. The second-order valence-corrected chi connectivity index (χ2v) is 6.36. The number of ether oxygens (including phenoxy) is 1. The minimum atomic E-state index is 0.228. The van der Waals surface area contributed by atoms with Crippen LogP contribution in [0.2, 0.25) is 0 Å². The minimum Gasteiger partial charge on any atom is -0.456 e. The van der Waals surface area contributed by atoms with Crippen molar-refractivity contribution in [2.24, 2.45) is 0 Å². The summed E-state index contributed by atoms with van der Waals surface area (Å²) in [5.74, 6) is 2.15. The van der Waals surface area contributed by atoms with Gasteiger partial charge in [0.15, 0.2) is 0 Å². The summed E-state index contributed by atoms with van der Waals surface area (Å²) in [6.45, 7) is 4.31. The molecule has 3 aromatic carbocycles. The van der Waals surface area contributed by atoms with Gasteiger partial charge in [0.2, 0.25) is 0 Å². The molecule has 3 aromatic rings. The molecule has 0 bridgehead atoms. The van der Waals surface area contributed by atoms with Gasteiger partial charge in [-0.05, 0) is 31.1 Å². The quantitative estimate of drug-likeness (QED) is 0.568. The maximum atomic E-state index is 6.29. The Morgan fingerprint density at radius 3 is 2.12 bits per heavy atom. The number of allylic oxidation sites excluding steroid dienone is 1. The van der Waals surface area contributed by atoms with Crippen molar-refractivity contribution in [1.29, 1.82) is 0 Å². The molecule has 0 amide bonds. The van der Waals surface area contributed by atoms with E-state index in [0.717, 1.165) is 17.1 Å². The molecule has 0 aromatic heterocycles. The van der Waals surface area contributed by atoms with Crippen molar-refractivity contribution in [3.8, 4) is 5.75 Å². The Balaban J connectivity index is 1.91. The van der Waals surface area contributed by atoms with Crippen molar-refractivity contribution in [2.75, 3.05) is 0 Å². The fraction of sp³-hybridized carbons (Fsp3) is 0.130. The average Bonchev–Trinajstić information content (AvgIpc) is 2.63. The molecule has 0 saturated carbocycles. The molecule has 0 N–H and O–H groups in total. The lowest BCUT2D eigenvalue weighted by molar-refractivity contribution is 0.484. The Labute approximate surface area is 143 Å². The molecule has 1 unspecified atom stereocenters. The number of aryl methyl sites for hydroxylation is 1. The van der Waals surface area contributed by atoms with E-state index >= 15 is 0 Å². The van der Waals surface area contributed by atoms with Crippen molar-refractivity contribution in [3.05, 3.63) is 107 Å². The third kappa shape index (κ3) is 2.52. The molecule has 0 aliphatic carbocycles. The third-order valence-corrected chi connectivity index (χ3v) is 4.68. The van der Waals surface area contributed by atoms with Crippen molar-refractivity contribution >= 4 is 5.76 Å². The van der Waals surface area contributed by atoms with Crippen molar-refractivity contribution in [3.63, 3.8) is 0 Å². The molecule has 1 aliphatic rings. The van der Waals surface area contributed by atoms with Crippen LogP contribution in [0.1, 0.15) is 35.1 Å². The molecule has 1 atom stereocenters. The van der Waals surface area contributed by atoms with Gasteiger partial charge in [0.1, 0.15) is 11.5 Å². The summed E-state index contributed by atoms with van der Waals surface area (Å²) in [5, 5.41) is 0. The van der Waals surface area contributed by atoms with Gasteiger partial charge < -0.3 is 4.74 Å². The van der Waals surface area contributed by atoms with Gasteiger partial charge in [-0.3, -0.25) is 0 Å². The van der Waals surface area contributed by atoms with Crippen molar-refractivity contribution < 1.29 is 4.74 Å². The van der Waals surface area contributed by atoms with Gasteiger partial charge in [0.05, 0.1) is 0 Å². The van der Waals surface area contributed by atoms with Crippen LogP contribution < -0.4 is 4.74 Å². The zero-order valence-corrected chi connectivity index (χ0v) is 14.0. The normalized spacial score (nSPS) is 16.5. The van der Waals surface area contributed by atoms with Crippen LogP contribution in [-0.4, -0.2) is 0 Å². The number of fused-ring (bicyclic) bond motifs is 1. The van der Waals surface area contributed by atoms with Gasteiger partial charge in [0.25, 0.3) is 0 Å². The highest BCUT2D eigenvalue weighted by Gasteiger charge is 2.28. The van der Waals surface area contributed by atoms with Crippen LogP contribution >= 0.6 is 0 Å². The van der Waals surface area contributed by atoms with Crippen LogP contribution in [0.3, 0.4) is 0 Å². The van der Waals surface area contributed by atoms with E-state index < -0.39 is 0 Å². The fourth-order valence-electron chi connectivity index (χ4n) is 3.43. The van der Waals surface area contributed by atoms with Gasteiger partial charge in [-0.25, -0.2) is 0 Å². The Bertz CT molecular complexity index is 889. The fourth-order valence-corrected chi connectivity index (χ4v) is 3.43. The van der Waals surface area contributed by atoms with Crippen LogP contribution in [0.15, 0.2) is 84.4 Å². The standard InChI is InChI=1S/C23H20O/c1-16-12-14-18(15-13-16)22-17(2)23(19-8-4-3-5-9-19)24-21-11-7-6-10-20(21)22/h3-15,22H,1-2H3. The maximum absolute atomic E-state index is 6.29. The molecule has 118 valence electrons. The SMILES string of the molecule is CC1=C(c2ccccc2)Oc2ccccc2C1c1ccc(C)cc1. The maximum Gasteiger partial charge on any atom is 0.134 e. The second kappa shape index (κ2) is 6.01. The van der Waals surface area contributed by atoms with Gasteiger partial charge in [-0.15, -0.1) is 0 Å². The van der Waals surface area contributed by atoms with E-state index in [4.69, 9.17) is 4.74 Å². The van der Waals surface area contributed by atoms with Gasteiger partial charge >= 0.3 is 0 Å². The first-order valence-electron chi connectivity index (χ1n) is 8.33. The monoisotopic (exact) mass is 312 g/mol. The van der Waals surface area contributed by atoms with Crippen LogP contribution in [0.4, 0.5) is 0 Å². The number of para-hydroxylation sites is 1. The minimum absolute atomic E-state index is 0.228. The Hall–Kier alpha value is -2.80. The molecule has 0 fully saturated rings. The molecule has 4 rings (SSSR count). The molecule has 0 saturated heterocycles. The first kappa shape index (κ1) is 14.8. The summed E-state index contributed by atoms with van der Waals surface area (Å²) in [6.07, 6.45) is 0. The largest absolute Gasteiger partial charge is 0.456 e. The third-order valence-electron chi connectivity index (χ3n) is 4.68. The molecule has 0 spiro atoms. The number of benzene rings is 3. The van der Waals surface area contributed by atoms with Crippen molar-refractivity contribution in [2.45, 2.75) is 19.8 Å². The van der Waals surface area contributed by atoms with Crippen LogP contribution in [0.25, 0.3) is 5.76 Å². The summed E-state index contributed by atoms with van der Waals surface area (Å²) in [5.41, 5.74) is 6.20. The summed E-state index contributed by atoms with van der Waals surface area (Å²) < 4.78 is 6.29. The Kier molecular flexibility index (Phi) is 3.70. The highest BCUT2D eigenvalue weighted by atomic mass is 16.5. The van der Waals surface area contributed by atoms with Gasteiger partial charge in [-0.1, -0.05) is 78.4 Å². The highest BCUT2D eigenvalue weighted by Crippen LogP contribution is 2.45. The molecule has 1 aliphatic heterocycles. The first-order chi connectivity index (χ1) is 11.7. The van der Waals surface area contributed by atoms with Crippen molar-refractivity contribution in [1.82, 2.24) is 0 Å². The summed E-state index contributed by atoms with van der Waals surface area (Å²) in [4.78, 5) is 0. The van der Waals surface area contributed by atoms with Crippen LogP contribution in [0.5, 0.6) is 5.75 Å². The Morgan fingerprint density at radius 1 is 0.708 bits per heavy atom. The lowest BCUT2D eigenvalue weighted by atomic mass is 9.82. The average molecular weight is 312 g/mol. The number of hydrogen-bond donors (Lipinski definition) is 0. The number of rotatable bonds is 2. The zero-order valence-electron chi connectivity index (χ0n) is 14.0.